The van der Waals surface area contributed by atoms with Crippen molar-refractivity contribution >= 4 is 35.7 Å². The van der Waals surface area contributed by atoms with Crippen molar-refractivity contribution in [3.63, 3.8) is 0 Å². The van der Waals surface area contributed by atoms with E-state index in [9.17, 15) is 29.1 Å². The van der Waals surface area contributed by atoms with E-state index in [2.05, 4.69) is 16.0 Å². The molecule has 0 unspecified atom stereocenters. The van der Waals surface area contributed by atoms with Crippen LogP contribution < -0.4 is 16.0 Å². The standard InChI is InChI=1S/C38H56N4O12/c1-26(2)32(41-36(47)54-38(4,5)6)34(44)39-27(3)33(43)40-30-14-12-28(13-15-30)25-53-37(48)42(24-29-10-8-9-11-31(29)35(45)46)16-17-50-20-21-52-23-22-51-19-18-49-7/h8-15,26-27,32H,16-25H2,1-7H3,(H,39,44)(H,40,43)(H,41,47)(H,45,46)/t27-,32-/m0/s1. The van der Waals surface area contributed by atoms with Crippen molar-refractivity contribution in [1.82, 2.24) is 15.5 Å². The van der Waals surface area contributed by atoms with Crippen molar-refractivity contribution < 1.29 is 57.5 Å². The van der Waals surface area contributed by atoms with E-state index < -0.39 is 47.7 Å². The third kappa shape index (κ3) is 17.8. The van der Waals surface area contributed by atoms with E-state index in [4.69, 9.17) is 28.4 Å². The summed E-state index contributed by atoms with van der Waals surface area (Å²) in [5.41, 5.74) is 0.830. The van der Waals surface area contributed by atoms with Crippen molar-refractivity contribution in [3.05, 3.63) is 65.2 Å². The number of ether oxygens (including phenoxy) is 6. The number of hydrogen-bond acceptors (Lipinski definition) is 11. The van der Waals surface area contributed by atoms with Gasteiger partial charge in [0.2, 0.25) is 11.8 Å². The number of methoxy groups -OCH3 is 1. The number of nitrogens with one attached hydrogen (secondary N) is 3. The maximum atomic E-state index is 13.2. The molecule has 4 amide bonds. The number of carbonyl (C=O) groups is 5. The van der Waals surface area contributed by atoms with Crippen LogP contribution in [0.15, 0.2) is 48.5 Å². The second kappa shape index (κ2) is 23.8. The molecule has 0 bridgehead atoms. The summed E-state index contributed by atoms with van der Waals surface area (Å²) in [5, 5.41) is 17.6. The van der Waals surface area contributed by atoms with Crippen molar-refractivity contribution in [2.75, 3.05) is 65.2 Å². The van der Waals surface area contributed by atoms with Gasteiger partial charge in [-0.3, -0.25) is 9.59 Å². The van der Waals surface area contributed by atoms with Gasteiger partial charge < -0.3 is 54.4 Å². The summed E-state index contributed by atoms with van der Waals surface area (Å²) in [5.74, 6) is -2.41. The first-order chi connectivity index (χ1) is 25.6. The first kappa shape index (κ1) is 45.4. The number of aromatic carboxylic acids is 1. The number of carboxylic acids is 1. The quantitative estimate of drug-likeness (QED) is 0.118. The maximum Gasteiger partial charge on any atom is 0.410 e. The van der Waals surface area contributed by atoms with Gasteiger partial charge in [0.25, 0.3) is 0 Å². The molecule has 0 fully saturated rings. The third-order valence-electron chi connectivity index (χ3n) is 7.51. The normalized spacial score (nSPS) is 12.4. The molecule has 2 aromatic carbocycles. The molecule has 0 aliphatic carbocycles. The molecule has 16 heteroatoms. The Bertz CT molecular complexity index is 1480. The first-order valence-electron chi connectivity index (χ1n) is 17.8. The van der Waals surface area contributed by atoms with Gasteiger partial charge in [-0.2, -0.15) is 0 Å². The second-order valence-corrected chi connectivity index (χ2v) is 13.6. The summed E-state index contributed by atoms with van der Waals surface area (Å²) in [6.07, 6.45) is -1.41. The van der Waals surface area contributed by atoms with Crippen LogP contribution in [-0.4, -0.2) is 118 Å². The third-order valence-corrected chi connectivity index (χ3v) is 7.51. The minimum Gasteiger partial charge on any atom is -0.478 e. The van der Waals surface area contributed by atoms with Gasteiger partial charge in [-0.15, -0.1) is 0 Å². The van der Waals surface area contributed by atoms with Crippen molar-refractivity contribution in [2.45, 2.75) is 72.4 Å². The van der Waals surface area contributed by atoms with Crippen LogP contribution in [0.2, 0.25) is 0 Å². The molecule has 54 heavy (non-hydrogen) atoms. The molecule has 0 radical (unpaired) electrons. The molecule has 300 valence electrons. The van der Waals surface area contributed by atoms with Gasteiger partial charge in [0, 0.05) is 25.9 Å². The number of benzene rings is 2. The zero-order chi connectivity index (χ0) is 40.1. The van der Waals surface area contributed by atoms with Crippen LogP contribution in [0.5, 0.6) is 0 Å². The topological polar surface area (TPSA) is 200 Å². The van der Waals surface area contributed by atoms with Crippen molar-refractivity contribution in [1.29, 1.82) is 0 Å². The Morgan fingerprint density at radius 3 is 1.94 bits per heavy atom. The maximum absolute atomic E-state index is 13.2. The fourth-order valence-corrected chi connectivity index (χ4v) is 4.68. The summed E-state index contributed by atoms with van der Waals surface area (Å²) >= 11 is 0. The smallest absolute Gasteiger partial charge is 0.410 e. The number of carboxylic acid groups (broad SMARTS) is 1. The minimum absolute atomic E-state index is 0.0192. The van der Waals surface area contributed by atoms with Gasteiger partial charge in [0.05, 0.1) is 51.8 Å². The molecule has 0 saturated carbocycles. The lowest BCUT2D eigenvalue weighted by molar-refractivity contribution is -0.128. The molecular formula is C38H56N4O12. The van der Waals surface area contributed by atoms with Gasteiger partial charge in [-0.05, 0) is 62.9 Å². The number of carbonyl (C=O) groups excluding carboxylic acids is 4. The number of anilines is 1. The summed E-state index contributed by atoms with van der Waals surface area (Å²) < 4.78 is 32.2. The van der Waals surface area contributed by atoms with Gasteiger partial charge in [-0.1, -0.05) is 44.2 Å². The highest BCUT2D eigenvalue weighted by Crippen LogP contribution is 2.16. The number of rotatable bonds is 23. The zero-order valence-corrected chi connectivity index (χ0v) is 32.3. The fraction of sp³-hybridized carbons (Fsp3) is 0.553. The largest absolute Gasteiger partial charge is 0.478 e. The van der Waals surface area contributed by atoms with E-state index >= 15 is 0 Å². The summed E-state index contributed by atoms with van der Waals surface area (Å²) in [6.45, 7) is 12.8. The van der Waals surface area contributed by atoms with Gasteiger partial charge in [-0.25, -0.2) is 14.4 Å². The Balaban J connectivity index is 1.92. The molecule has 16 nitrogen and oxygen atoms in total. The van der Waals surface area contributed by atoms with Crippen LogP contribution in [0, 0.1) is 5.92 Å². The predicted octanol–water partition coefficient (Wildman–Crippen LogP) is 4.21. The van der Waals surface area contributed by atoms with E-state index in [1.54, 1.807) is 84.2 Å². The molecule has 4 N–H and O–H groups in total. The van der Waals surface area contributed by atoms with E-state index in [1.807, 2.05) is 0 Å². The molecule has 0 spiro atoms. The lowest BCUT2D eigenvalue weighted by atomic mass is 10.0. The first-order valence-corrected chi connectivity index (χ1v) is 17.8. The van der Waals surface area contributed by atoms with Crippen molar-refractivity contribution in [2.24, 2.45) is 5.92 Å². The Kier molecular flexibility index (Phi) is 20.0. The minimum atomic E-state index is -1.11. The Hall–Kier alpha value is -4.77. The summed E-state index contributed by atoms with van der Waals surface area (Å²) in [6, 6.07) is 11.1. The van der Waals surface area contributed by atoms with Crippen LogP contribution in [-0.2, 0) is 51.2 Å². The van der Waals surface area contributed by atoms with Gasteiger partial charge in [0.15, 0.2) is 0 Å². The Labute approximate surface area is 317 Å². The monoisotopic (exact) mass is 760 g/mol. The molecule has 2 aromatic rings. The molecule has 2 atom stereocenters. The van der Waals surface area contributed by atoms with Gasteiger partial charge >= 0.3 is 18.2 Å². The highest BCUT2D eigenvalue weighted by atomic mass is 16.6. The number of amides is 4. The molecule has 0 aliphatic rings. The van der Waals surface area contributed by atoms with E-state index in [0.717, 1.165) is 0 Å². The summed E-state index contributed by atoms with van der Waals surface area (Å²) in [7, 11) is 1.60. The summed E-state index contributed by atoms with van der Waals surface area (Å²) in [4.78, 5) is 64.5. The number of hydrogen-bond donors (Lipinski definition) is 4. The van der Waals surface area contributed by atoms with E-state index in [1.165, 1.54) is 17.9 Å². The SMILES string of the molecule is COCCOCCOCCOCCN(Cc1ccccc1C(=O)O)C(=O)OCc1ccc(NC(=O)[C@H](C)NC(=O)[C@@H](NC(=O)OC(C)(C)C)C(C)C)cc1. The molecule has 2 rings (SSSR count). The van der Waals surface area contributed by atoms with E-state index in [-0.39, 0.29) is 44.4 Å². The number of alkyl carbamates (subject to hydrolysis) is 1. The van der Waals surface area contributed by atoms with Crippen molar-refractivity contribution in [3.8, 4) is 0 Å². The molecular weight excluding hydrogens is 704 g/mol. The van der Waals surface area contributed by atoms with Crippen LogP contribution in [0.3, 0.4) is 0 Å². The lowest BCUT2D eigenvalue weighted by Gasteiger charge is -2.26. The average molecular weight is 761 g/mol. The predicted molar refractivity (Wildman–Crippen MR) is 199 cm³/mol. The van der Waals surface area contributed by atoms with Gasteiger partial charge in [0.1, 0.15) is 24.3 Å². The van der Waals surface area contributed by atoms with Crippen LogP contribution >= 0.6 is 0 Å². The Morgan fingerprint density at radius 1 is 0.778 bits per heavy atom. The second-order valence-electron chi connectivity index (χ2n) is 13.6. The highest BCUT2D eigenvalue weighted by Gasteiger charge is 2.29. The molecule has 0 aromatic heterocycles. The molecule has 0 saturated heterocycles. The van der Waals surface area contributed by atoms with E-state index in [0.29, 0.717) is 49.8 Å². The molecule has 0 aliphatic heterocycles. The van der Waals surface area contributed by atoms with Crippen LogP contribution in [0.4, 0.5) is 15.3 Å². The lowest BCUT2D eigenvalue weighted by Crippen LogP contribution is -2.54. The highest BCUT2D eigenvalue weighted by molar-refractivity contribution is 5.98. The average Bonchev–Trinajstić information content (AvgIpc) is 3.11. The van der Waals surface area contributed by atoms with Crippen LogP contribution in [0.25, 0.3) is 0 Å². The van der Waals surface area contributed by atoms with Crippen LogP contribution in [0.1, 0.15) is 63.0 Å². The Morgan fingerprint density at radius 2 is 1.37 bits per heavy atom. The number of nitrogens with zero attached hydrogens (tertiary/aromatic N) is 1. The molecule has 0 heterocycles. The fourth-order valence-electron chi connectivity index (χ4n) is 4.68. The zero-order valence-electron chi connectivity index (χ0n) is 32.3.